The third kappa shape index (κ3) is 5.39. The second-order valence-corrected chi connectivity index (χ2v) is 6.31. The Kier molecular flexibility index (Phi) is 5.95. The van der Waals surface area contributed by atoms with Crippen molar-refractivity contribution in [1.29, 1.82) is 0 Å². The summed E-state index contributed by atoms with van der Waals surface area (Å²) in [7, 11) is 0. The van der Waals surface area contributed by atoms with Crippen molar-refractivity contribution in [2.45, 2.75) is 20.0 Å². The van der Waals surface area contributed by atoms with Gasteiger partial charge in [-0.15, -0.1) is 0 Å². The van der Waals surface area contributed by atoms with Gasteiger partial charge in [-0.25, -0.2) is 0 Å². The number of nitrogens with one attached hydrogen (secondary N) is 1. The number of carbonyl (C=O) groups is 1. The molecule has 0 aliphatic heterocycles. The van der Waals surface area contributed by atoms with Gasteiger partial charge in [-0.05, 0) is 42.3 Å². The first-order valence-corrected chi connectivity index (χ1v) is 7.95. The highest BCUT2D eigenvalue weighted by molar-refractivity contribution is 6.31. The van der Waals surface area contributed by atoms with Gasteiger partial charge in [-0.1, -0.05) is 31.5 Å². The van der Waals surface area contributed by atoms with Gasteiger partial charge in [0.25, 0.3) is 5.91 Å². The molecule has 0 aromatic heterocycles. The fourth-order valence-electron chi connectivity index (χ4n) is 2.05. The van der Waals surface area contributed by atoms with E-state index in [0.29, 0.717) is 18.3 Å². The summed E-state index contributed by atoms with van der Waals surface area (Å²) in [5.41, 5.74) is -1.16. The number of amides is 1. The van der Waals surface area contributed by atoms with Crippen LogP contribution in [-0.2, 0) is 6.18 Å². The van der Waals surface area contributed by atoms with Crippen LogP contribution in [0.2, 0.25) is 5.02 Å². The highest BCUT2D eigenvalue weighted by Gasteiger charge is 2.34. The number of hydrogen-bond acceptors (Lipinski definition) is 2. The third-order valence-electron chi connectivity index (χ3n) is 3.21. The van der Waals surface area contributed by atoms with Gasteiger partial charge in [0.2, 0.25) is 0 Å². The lowest BCUT2D eigenvalue weighted by molar-refractivity contribution is -0.136. The van der Waals surface area contributed by atoms with Crippen LogP contribution in [0.4, 0.5) is 18.9 Å². The zero-order valence-electron chi connectivity index (χ0n) is 13.7. The van der Waals surface area contributed by atoms with E-state index >= 15 is 0 Å². The fraction of sp³-hybridized carbons (Fsp3) is 0.278. The molecule has 25 heavy (non-hydrogen) atoms. The summed E-state index contributed by atoms with van der Waals surface area (Å²) >= 11 is 5.75. The predicted octanol–water partition coefficient (Wildman–Crippen LogP) is 5.65. The standard InChI is InChI=1S/C18H17ClF3NO2/c1-11(2)10-25-14-5-3-4-12(8-14)17(24)23-16-9-13(19)6-7-15(16)18(20,21)22/h3-9,11H,10H2,1-2H3,(H,23,24). The average molecular weight is 372 g/mol. The van der Waals surface area contributed by atoms with E-state index in [1.807, 2.05) is 13.8 Å². The van der Waals surface area contributed by atoms with Crippen LogP contribution < -0.4 is 10.1 Å². The molecule has 0 fully saturated rings. The molecule has 0 atom stereocenters. The highest BCUT2D eigenvalue weighted by atomic mass is 35.5. The highest BCUT2D eigenvalue weighted by Crippen LogP contribution is 2.36. The second-order valence-electron chi connectivity index (χ2n) is 5.87. The molecule has 0 saturated carbocycles. The lowest BCUT2D eigenvalue weighted by Gasteiger charge is -2.14. The van der Waals surface area contributed by atoms with E-state index < -0.39 is 23.3 Å². The van der Waals surface area contributed by atoms with Crippen LogP contribution in [0.5, 0.6) is 5.75 Å². The Morgan fingerprint density at radius 1 is 1.20 bits per heavy atom. The summed E-state index contributed by atoms with van der Waals surface area (Å²) in [5.74, 6) is 0.101. The van der Waals surface area contributed by atoms with Gasteiger partial charge in [-0.3, -0.25) is 4.79 Å². The number of hydrogen-bond donors (Lipinski definition) is 1. The van der Waals surface area contributed by atoms with Crippen LogP contribution >= 0.6 is 11.6 Å². The van der Waals surface area contributed by atoms with Gasteiger partial charge in [0.15, 0.2) is 0 Å². The molecule has 2 rings (SSSR count). The molecule has 0 aliphatic carbocycles. The minimum atomic E-state index is -4.60. The van der Waals surface area contributed by atoms with Crippen molar-refractivity contribution in [2.75, 3.05) is 11.9 Å². The summed E-state index contributed by atoms with van der Waals surface area (Å²) in [6.45, 7) is 4.43. The lowest BCUT2D eigenvalue weighted by Crippen LogP contribution is -2.17. The van der Waals surface area contributed by atoms with Crippen molar-refractivity contribution in [1.82, 2.24) is 0 Å². The van der Waals surface area contributed by atoms with Crippen molar-refractivity contribution in [3.8, 4) is 5.75 Å². The SMILES string of the molecule is CC(C)COc1cccc(C(=O)Nc2cc(Cl)ccc2C(F)(F)F)c1. The van der Waals surface area contributed by atoms with Crippen LogP contribution in [0.15, 0.2) is 42.5 Å². The molecule has 134 valence electrons. The molecule has 7 heteroatoms. The Morgan fingerprint density at radius 3 is 2.56 bits per heavy atom. The molecule has 3 nitrogen and oxygen atoms in total. The van der Waals surface area contributed by atoms with Crippen molar-refractivity contribution >= 4 is 23.2 Å². The first kappa shape index (κ1) is 19.1. The molecule has 0 heterocycles. The summed E-state index contributed by atoms with van der Waals surface area (Å²) in [6.07, 6.45) is -4.60. The van der Waals surface area contributed by atoms with Gasteiger partial charge >= 0.3 is 6.18 Å². The van der Waals surface area contributed by atoms with Gasteiger partial charge in [0, 0.05) is 10.6 Å². The Labute approximate surface area is 148 Å². The van der Waals surface area contributed by atoms with E-state index in [1.165, 1.54) is 12.1 Å². The molecular formula is C18H17ClF3NO2. The van der Waals surface area contributed by atoms with Crippen LogP contribution in [-0.4, -0.2) is 12.5 Å². The van der Waals surface area contributed by atoms with Crippen molar-refractivity contribution in [3.05, 3.63) is 58.6 Å². The van der Waals surface area contributed by atoms with Crippen molar-refractivity contribution < 1.29 is 22.7 Å². The van der Waals surface area contributed by atoms with Crippen LogP contribution in [0.3, 0.4) is 0 Å². The molecule has 1 N–H and O–H groups in total. The third-order valence-corrected chi connectivity index (χ3v) is 3.45. The van der Waals surface area contributed by atoms with Crippen LogP contribution in [0, 0.1) is 5.92 Å². The predicted molar refractivity (Wildman–Crippen MR) is 91.2 cm³/mol. The topological polar surface area (TPSA) is 38.3 Å². The minimum absolute atomic E-state index is 0.0947. The van der Waals surface area contributed by atoms with E-state index in [1.54, 1.807) is 12.1 Å². The first-order chi connectivity index (χ1) is 11.7. The second kappa shape index (κ2) is 7.78. The zero-order chi connectivity index (χ0) is 18.6. The quantitative estimate of drug-likeness (QED) is 0.738. The zero-order valence-corrected chi connectivity index (χ0v) is 14.4. The maximum Gasteiger partial charge on any atom is 0.418 e. The largest absolute Gasteiger partial charge is 0.493 e. The van der Waals surface area contributed by atoms with E-state index in [0.717, 1.165) is 18.2 Å². The molecule has 0 spiro atoms. The number of halogens is 4. The number of anilines is 1. The number of rotatable bonds is 5. The number of carbonyl (C=O) groups excluding carboxylic acids is 1. The number of ether oxygens (including phenoxy) is 1. The van der Waals surface area contributed by atoms with E-state index in [9.17, 15) is 18.0 Å². The minimum Gasteiger partial charge on any atom is -0.493 e. The Balaban J connectivity index is 2.23. The maximum absolute atomic E-state index is 13.1. The normalized spacial score (nSPS) is 11.5. The Morgan fingerprint density at radius 2 is 1.92 bits per heavy atom. The summed E-state index contributed by atoms with van der Waals surface area (Å²) < 4.78 is 44.7. The number of alkyl halides is 3. The summed E-state index contributed by atoms with van der Waals surface area (Å²) in [6, 6.07) is 9.29. The molecular weight excluding hydrogens is 355 g/mol. The summed E-state index contributed by atoms with van der Waals surface area (Å²) in [5, 5.41) is 2.36. The van der Waals surface area contributed by atoms with Crippen LogP contribution in [0.25, 0.3) is 0 Å². The van der Waals surface area contributed by atoms with Gasteiger partial charge in [0.1, 0.15) is 5.75 Å². The van der Waals surface area contributed by atoms with Crippen molar-refractivity contribution in [2.24, 2.45) is 5.92 Å². The van der Waals surface area contributed by atoms with E-state index in [2.05, 4.69) is 5.32 Å². The smallest absolute Gasteiger partial charge is 0.418 e. The van der Waals surface area contributed by atoms with E-state index in [4.69, 9.17) is 16.3 Å². The average Bonchev–Trinajstić information content (AvgIpc) is 2.52. The fourth-order valence-corrected chi connectivity index (χ4v) is 2.22. The van der Waals surface area contributed by atoms with Gasteiger partial charge in [-0.2, -0.15) is 13.2 Å². The van der Waals surface area contributed by atoms with E-state index in [-0.39, 0.29) is 10.6 Å². The molecule has 0 aliphatic rings. The first-order valence-electron chi connectivity index (χ1n) is 7.58. The molecule has 0 bridgehead atoms. The molecule has 0 unspecified atom stereocenters. The molecule has 0 saturated heterocycles. The molecule has 0 radical (unpaired) electrons. The van der Waals surface area contributed by atoms with Gasteiger partial charge < -0.3 is 10.1 Å². The Hall–Kier alpha value is -2.21. The van der Waals surface area contributed by atoms with Gasteiger partial charge in [0.05, 0.1) is 17.9 Å². The maximum atomic E-state index is 13.1. The Bertz CT molecular complexity index is 760. The monoisotopic (exact) mass is 371 g/mol. The van der Waals surface area contributed by atoms with Crippen molar-refractivity contribution in [3.63, 3.8) is 0 Å². The lowest BCUT2D eigenvalue weighted by atomic mass is 10.1. The molecule has 2 aromatic carbocycles. The molecule has 1 amide bonds. The number of benzene rings is 2. The summed E-state index contributed by atoms with van der Waals surface area (Å²) in [4.78, 5) is 12.3. The van der Waals surface area contributed by atoms with Crippen LogP contribution in [0.1, 0.15) is 29.8 Å². The molecule has 2 aromatic rings.